The Morgan fingerprint density at radius 3 is 2.81 bits per heavy atom. The highest BCUT2D eigenvalue weighted by Crippen LogP contribution is 2.25. The predicted octanol–water partition coefficient (Wildman–Crippen LogP) is 2.65. The summed E-state index contributed by atoms with van der Waals surface area (Å²) in [4.78, 5) is 18.0. The van der Waals surface area contributed by atoms with Gasteiger partial charge in [0.05, 0.1) is 0 Å². The van der Waals surface area contributed by atoms with Gasteiger partial charge in [0.1, 0.15) is 11.6 Å². The molecule has 0 amide bonds. The molecule has 1 N–H and O–H groups in total. The highest BCUT2D eigenvalue weighted by molar-refractivity contribution is 9.10. The van der Waals surface area contributed by atoms with Crippen LogP contribution in [-0.2, 0) is 0 Å². The van der Waals surface area contributed by atoms with Gasteiger partial charge in [0.2, 0.25) is 0 Å². The molecule has 0 saturated heterocycles. The lowest BCUT2D eigenvalue weighted by Gasteiger charge is -2.04. The summed E-state index contributed by atoms with van der Waals surface area (Å²) >= 11 is 3.29. The number of benzene rings is 1. The van der Waals surface area contributed by atoms with Crippen LogP contribution in [0.1, 0.15) is 5.69 Å². The van der Waals surface area contributed by atoms with E-state index in [4.69, 9.17) is 0 Å². The van der Waals surface area contributed by atoms with E-state index in [9.17, 15) is 9.18 Å². The van der Waals surface area contributed by atoms with Crippen molar-refractivity contribution in [2.75, 3.05) is 0 Å². The van der Waals surface area contributed by atoms with E-state index in [1.165, 1.54) is 18.2 Å². The van der Waals surface area contributed by atoms with Gasteiger partial charge in [0, 0.05) is 21.8 Å². The zero-order valence-electron chi connectivity index (χ0n) is 8.42. The molecule has 0 aliphatic rings. The number of nitrogens with one attached hydrogen (secondary N) is 1. The molecular weight excluding hydrogens is 275 g/mol. The number of halogens is 2. The molecule has 0 unspecified atom stereocenters. The first-order valence-electron chi connectivity index (χ1n) is 4.59. The van der Waals surface area contributed by atoms with Gasteiger partial charge in [0.15, 0.2) is 0 Å². The zero-order valence-corrected chi connectivity index (χ0v) is 10.0. The van der Waals surface area contributed by atoms with Crippen molar-refractivity contribution in [3.63, 3.8) is 0 Å². The molecule has 2 aromatic rings. The third kappa shape index (κ3) is 2.19. The van der Waals surface area contributed by atoms with Crippen molar-refractivity contribution in [2.24, 2.45) is 0 Å². The van der Waals surface area contributed by atoms with Crippen LogP contribution >= 0.6 is 15.9 Å². The van der Waals surface area contributed by atoms with Crippen molar-refractivity contribution in [3.05, 3.63) is 50.6 Å². The summed E-state index contributed by atoms with van der Waals surface area (Å²) in [6, 6.07) is 5.62. The molecule has 0 radical (unpaired) electrons. The van der Waals surface area contributed by atoms with Gasteiger partial charge in [-0.25, -0.2) is 9.37 Å². The van der Waals surface area contributed by atoms with Gasteiger partial charge in [-0.1, -0.05) is 15.9 Å². The monoisotopic (exact) mass is 282 g/mol. The smallest absolute Gasteiger partial charge is 0.251 e. The maximum atomic E-state index is 13.1. The molecule has 1 heterocycles. The van der Waals surface area contributed by atoms with Crippen LogP contribution in [0.5, 0.6) is 0 Å². The number of nitrogens with zero attached hydrogens (tertiary/aromatic N) is 1. The topological polar surface area (TPSA) is 45.8 Å². The fourth-order valence-electron chi connectivity index (χ4n) is 1.39. The maximum absolute atomic E-state index is 13.1. The number of hydrogen-bond donors (Lipinski definition) is 1. The normalized spacial score (nSPS) is 10.4. The second-order valence-corrected chi connectivity index (χ2v) is 4.21. The first-order valence-corrected chi connectivity index (χ1v) is 5.39. The van der Waals surface area contributed by atoms with Crippen LogP contribution in [0.4, 0.5) is 4.39 Å². The summed E-state index contributed by atoms with van der Waals surface area (Å²) in [6.45, 7) is 1.71. The van der Waals surface area contributed by atoms with Crippen LogP contribution in [0, 0.1) is 12.7 Å². The van der Waals surface area contributed by atoms with Crippen LogP contribution < -0.4 is 5.56 Å². The van der Waals surface area contributed by atoms with Gasteiger partial charge in [-0.3, -0.25) is 4.79 Å². The SMILES string of the molecule is Cc1cc(=O)[nH]c(-c2cc(F)ccc2Br)n1. The lowest BCUT2D eigenvalue weighted by molar-refractivity contribution is 0.628. The van der Waals surface area contributed by atoms with E-state index in [1.807, 2.05) is 0 Å². The molecule has 1 aromatic heterocycles. The Bertz CT molecular complexity index is 595. The van der Waals surface area contributed by atoms with Gasteiger partial charge in [-0.15, -0.1) is 0 Å². The number of aromatic nitrogens is 2. The van der Waals surface area contributed by atoms with Crippen molar-refractivity contribution < 1.29 is 4.39 Å². The summed E-state index contributed by atoms with van der Waals surface area (Å²) in [6.07, 6.45) is 0. The van der Waals surface area contributed by atoms with Crippen LogP contribution in [0.3, 0.4) is 0 Å². The Kier molecular flexibility index (Phi) is 2.87. The van der Waals surface area contributed by atoms with E-state index in [1.54, 1.807) is 13.0 Å². The summed E-state index contributed by atoms with van der Waals surface area (Å²) < 4.78 is 13.8. The van der Waals surface area contributed by atoms with Crippen molar-refractivity contribution in [3.8, 4) is 11.4 Å². The van der Waals surface area contributed by atoms with E-state index in [0.717, 1.165) is 0 Å². The fraction of sp³-hybridized carbons (Fsp3) is 0.0909. The predicted molar refractivity (Wildman–Crippen MR) is 62.7 cm³/mol. The van der Waals surface area contributed by atoms with Crippen LogP contribution in [0.25, 0.3) is 11.4 Å². The summed E-state index contributed by atoms with van der Waals surface area (Å²) in [5, 5.41) is 0. The minimum absolute atomic E-state index is 0.251. The lowest BCUT2D eigenvalue weighted by atomic mass is 10.2. The third-order valence-corrected chi connectivity index (χ3v) is 2.74. The molecule has 2 rings (SSSR count). The fourth-order valence-corrected chi connectivity index (χ4v) is 1.82. The Hall–Kier alpha value is -1.49. The van der Waals surface area contributed by atoms with Crippen LogP contribution in [-0.4, -0.2) is 9.97 Å². The standard InChI is InChI=1S/C11H8BrFN2O/c1-6-4-10(16)15-11(14-6)8-5-7(13)2-3-9(8)12/h2-5H,1H3,(H,14,15,16). The maximum Gasteiger partial charge on any atom is 0.251 e. The summed E-state index contributed by atoms with van der Waals surface area (Å²) in [5.41, 5.74) is 0.870. The molecular formula is C11H8BrFN2O. The van der Waals surface area contributed by atoms with E-state index >= 15 is 0 Å². The number of aryl methyl sites for hydroxylation is 1. The van der Waals surface area contributed by atoms with E-state index in [-0.39, 0.29) is 11.4 Å². The molecule has 0 saturated carbocycles. The van der Waals surface area contributed by atoms with Crippen molar-refractivity contribution in [1.82, 2.24) is 9.97 Å². The molecule has 5 heteroatoms. The molecule has 0 fully saturated rings. The first kappa shape index (κ1) is 11.0. The molecule has 0 atom stereocenters. The lowest BCUT2D eigenvalue weighted by Crippen LogP contribution is -2.08. The minimum Gasteiger partial charge on any atom is -0.306 e. The van der Waals surface area contributed by atoms with Crippen molar-refractivity contribution in [2.45, 2.75) is 6.92 Å². The summed E-state index contributed by atoms with van der Waals surface area (Å²) in [7, 11) is 0. The second kappa shape index (κ2) is 4.17. The number of rotatable bonds is 1. The van der Waals surface area contributed by atoms with Crippen molar-refractivity contribution in [1.29, 1.82) is 0 Å². The quantitative estimate of drug-likeness (QED) is 0.874. The van der Waals surface area contributed by atoms with Gasteiger partial charge in [-0.2, -0.15) is 0 Å². The molecule has 82 valence electrons. The number of hydrogen-bond acceptors (Lipinski definition) is 2. The van der Waals surface area contributed by atoms with Crippen LogP contribution in [0.15, 0.2) is 33.5 Å². The van der Waals surface area contributed by atoms with E-state index in [0.29, 0.717) is 21.6 Å². The second-order valence-electron chi connectivity index (χ2n) is 3.36. The molecule has 3 nitrogen and oxygen atoms in total. The number of aromatic amines is 1. The highest BCUT2D eigenvalue weighted by Gasteiger charge is 2.07. The van der Waals surface area contributed by atoms with Crippen molar-refractivity contribution >= 4 is 15.9 Å². The molecule has 1 aromatic carbocycles. The van der Waals surface area contributed by atoms with E-state index < -0.39 is 0 Å². The van der Waals surface area contributed by atoms with Gasteiger partial charge < -0.3 is 4.98 Å². The molecule has 16 heavy (non-hydrogen) atoms. The Balaban J connectivity index is 2.66. The largest absolute Gasteiger partial charge is 0.306 e. The Labute approximate surface area is 99.5 Å². The molecule has 0 bridgehead atoms. The van der Waals surface area contributed by atoms with Crippen LogP contribution in [0.2, 0.25) is 0 Å². The summed E-state index contributed by atoms with van der Waals surface area (Å²) in [5.74, 6) is -0.0151. The Morgan fingerprint density at radius 1 is 1.38 bits per heavy atom. The average Bonchev–Trinajstić information content (AvgIpc) is 2.20. The molecule has 0 aliphatic carbocycles. The first-order chi connectivity index (χ1) is 7.56. The highest BCUT2D eigenvalue weighted by atomic mass is 79.9. The van der Waals surface area contributed by atoms with Gasteiger partial charge in [0.25, 0.3) is 5.56 Å². The van der Waals surface area contributed by atoms with E-state index in [2.05, 4.69) is 25.9 Å². The Morgan fingerprint density at radius 2 is 2.12 bits per heavy atom. The zero-order chi connectivity index (χ0) is 11.7. The van der Waals surface area contributed by atoms with Gasteiger partial charge in [-0.05, 0) is 25.1 Å². The minimum atomic E-state index is -0.373. The third-order valence-electron chi connectivity index (χ3n) is 2.05. The average molecular weight is 283 g/mol. The number of H-pyrrole nitrogens is 1. The molecule has 0 spiro atoms. The van der Waals surface area contributed by atoms with Gasteiger partial charge >= 0.3 is 0 Å². The molecule has 0 aliphatic heterocycles.